The van der Waals surface area contributed by atoms with E-state index < -0.39 is 0 Å². The van der Waals surface area contributed by atoms with Crippen LogP contribution in [0.1, 0.15) is 18.4 Å². The van der Waals surface area contributed by atoms with Gasteiger partial charge < -0.3 is 15.8 Å². The second-order valence-corrected chi connectivity index (χ2v) is 7.50. The van der Waals surface area contributed by atoms with Crippen molar-refractivity contribution < 1.29 is 4.74 Å². The molecule has 7 nitrogen and oxygen atoms in total. The number of fused-ring (bicyclic) bond motifs is 1. The quantitative estimate of drug-likeness (QED) is 0.513. The third-order valence-corrected chi connectivity index (χ3v) is 5.37. The smallest absolute Gasteiger partial charge is 0.225 e. The van der Waals surface area contributed by atoms with Gasteiger partial charge in [-0.25, -0.2) is 9.67 Å². The van der Waals surface area contributed by atoms with Crippen LogP contribution in [0.25, 0.3) is 22.3 Å². The molecule has 30 heavy (non-hydrogen) atoms. The van der Waals surface area contributed by atoms with Crippen molar-refractivity contribution in [3.05, 3.63) is 66.2 Å². The van der Waals surface area contributed by atoms with Crippen molar-refractivity contribution in [3.63, 3.8) is 0 Å². The largest absolute Gasteiger partial charge is 0.383 e. The number of nitrogens with zero attached hydrogens (tertiary/aromatic N) is 4. The summed E-state index contributed by atoms with van der Waals surface area (Å²) in [6.45, 7) is 2.08. The minimum atomic E-state index is 0.199. The SMILES string of the molecule is Nc1c2c(-c3ccccc3)nc(NC[C@H]3CCCO3)nc2nn1Cc1ccccc1. The van der Waals surface area contributed by atoms with Crippen LogP contribution in [0, 0.1) is 0 Å². The topological polar surface area (TPSA) is 90.9 Å². The maximum Gasteiger partial charge on any atom is 0.225 e. The highest BCUT2D eigenvalue weighted by molar-refractivity contribution is 5.98. The number of hydrogen-bond acceptors (Lipinski definition) is 6. The molecule has 4 aromatic rings. The lowest BCUT2D eigenvalue weighted by atomic mass is 10.1. The van der Waals surface area contributed by atoms with Gasteiger partial charge in [-0.1, -0.05) is 60.7 Å². The first-order chi connectivity index (χ1) is 14.8. The number of rotatable bonds is 6. The highest BCUT2D eigenvalue weighted by Gasteiger charge is 2.20. The molecule has 7 heteroatoms. The number of nitrogens with two attached hydrogens (primary N) is 1. The normalized spacial score (nSPS) is 16.2. The number of aromatic nitrogens is 4. The zero-order chi connectivity index (χ0) is 20.3. The lowest BCUT2D eigenvalue weighted by Crippen LogP contribution is -2.19. The van der Waals surface area contributed by atoms with Gasteiger partial charge in [0.15, 0.2) is 5.65 Å². The van der Waals surface area contributed by atoms with Crippen LogP contribution in [0.5, 0.6) is 0 Å². The summed E-state index contributed by atoms with van der Waals surface area (Å²) in [6.07, 6.45) is 2.35. The van der Waals surface area contributed by atoms with Gasteiger partial charge in [0.2, 0.25) is 5.95 Å². The van der Waals surface area contributed by atoms with Gasteiger partial charge >= 0.3 is 0 Å². The van der Waals surface area contributed by atoms with E-state index in [0.29, 0.717) is 30.5 Å². The minimum Gasteiger partial charge on any atom is -0.383 e. The van der Waals surface area contributed by atoms with Crippen molar-refractivity contribution in [1.29, 1.82) is 0 Å². The van der Waals surface area contributed by atoms with Gasteiger partial charge in [0.05, 0.1) is 23.7 Å². The molecule has 0 spiro atoms. The second-order valence-electron chi connectivity index (χ2n) is 7.50. The van der Waals surface area contributed by atoms with Crippen molar-refractivity contribution in [2.45, 2.75) is 25.5 Å². The number of nitrogens with one attached hydrogen (secondary N) is 1. The van der Waals surface area contributed by atoms with E-state index in [9.17, 15) is 0 Å². The van der Waals surface area contributed by atoms with Gasteiger partial charge in [0, 0.05) is 18.7 Å². The third kappa shape index (κ3) is 3.71. The van der Waals surface area contributed by atoms with Gasteiger partial charge in [-0.2, -0.15) is 4.98 Å². The summed E-state index contributed by atoms with van der Waals surface area (Å²) >= 11 is 0. The first-order valence-corrected chi connectivity index (χ1v) is 10.3. The van der Waals surface area contributed by atoms with Crippen molar-refractivity contribution in [2.75, 3.05) is 24.2 Å². The monoisotopic (exact) mass is 400 g/mol. The second kappa shape index (κ2) is 8.12. The highest BCUT2D eigenvalue weighted by Crippen LogP contribution is 2.31. The zero-order valence-corrected chi connectivity index (χ0v) is 16.7. The summed E-state index contributed by atoms with van der Waals surface area (Å²) in [5.41, 5.74) is 10.0. The van der Waals surface area contributed by atoms with Crippen LogP contribution in [-0.2, 0) is 11.3 Å². The molecule has 3 heterocycles. The molecule has 2 aromatic carbocycles. The molecule has 0 amide bonds. The minimum absolute atomic E-state index is 0.199. The molecule has 2 aromatic heterocycles. The van der Waals surface area contributed by atoms with Crippen LogP contribution in [0.3, 0.4) is 0 Å². The molecule has 1 atom stereocenters. The lowest BCUT2D eigenvalue weighted by Gasteiger charge is -2.12. The number of hydrogen-bond donors (Lipinski definition) is 2. The fourth-order valence-electron chi connectivity index (χ4n) is 3.83. The predicted molar refractivity (Wildman–Crippen MR) is 118 cm³/mol. The molecule has 0 aliphatic carbocycles. The van der Waals surface area contributed by atoms with Crippen molar-refractivity contribution in [3.8, 4) is 11.3 Å². The molecule has 0 radical (unpaired) electrons. The molecule has 1 aliphatic rings. The molecule has 0 bridgehead atoms. The van der Waals surface area contributed by atoms with Crippen molar-refractivity contribution in [2.24, 2.45) is 0 Å². The Balaban J connectivity index is 1.56. The highest BCUT2D eigenvalue weighted by atomic mass is 16.5. The molecule has 3 N–H and O–H groups in total. The van der Waals surface area contributed by atoms with Gasteiger partial charge in [-0.15, -0.1) is 5.10 Å². The first kappa shape index (κ1) is 18.6. The van der Waals surface area contributed by atoms with Crippen LogP contribution >= 0.6 is 0 Å². The fourth-order valence-corrected chi connectivity index (χ4v) is 3.83. The summed E-state index contributed by atoms with van der Waals surface area (Å²) in [7, 11) is 0. The summed E-state index contributed by atoms with van der Waals surface area (Å²) in [6, 6.07) is 20.2. The van der Waals surface area contributed by atoms with Gasteiger partial charge in [-0.05, 0) is 18.4 Å². The average Bonchev–Trinajstić information content (AvgIpc) is 3.41. The van der Waals surface area contributed by atoms with E-state index in [1.165, 1.54) is 0 Å². The summed E-state index contributed by atoms with van der Waals surface area (Å²) in [5.74, 6) is 1.11. The summed E-state index contributed by atoms with van der Waals surface area (Å²) in [5, 5.41) is 8.81. The summed E-state index contributed by atoms with van der Waals surface area (Å²) < 4.78 is 7.51. The predicted octanol–water partition coefficient (Wildman–Crippen LogP) is 3.71. The van der Waals surface area contributed by atoms with Gasteiger partial charge in [0.1, 0.15) is 5.82 Å². The molecule has 0 saturated carbocycles. The Hall–Kier alpha value is -3.45. The molecule has 152 valence electrons. The van der Waals surface area contributed by atoms with E-state index in [1.807, 2.05) is 48.5 Å². The standard InChI is InChI=1S/C23H24N6O/c24-21-19-20(17-10-5-2-6-11-17)26-23(25-14-18-12-7-13-30-18)27-22(19)28-29(21)15-16-8-3-1-4-9-16/h1-6,8-11,18H,7,12-15,24H2,(H,25,27,28)/t18-/m1/s1. The first-order valence-electron chi connectivity index (χ1n) is 10.3. The molecule has 1 aliphatic heterocycles. The van der Waals surface area contributed by atoms with Crippen LogP contribution < -0.4 is 11.1 Å². The Morgan fingerprint density at radius 3 is 2.53 bits per heavy atom. The number of anilines is 2. The average molecular weight is 400 g/mol. The molecule has 1 saturated heterocycles. The van der Waals surface area contributed by atoms with E-state index in [-0.39, 0.29) is 6.10 Å². The van der Waals surface area contributed by atoms with E-state index in [0.717, 1.165) is 41.7 Å². The van der Waals surface area contributed by atoms with E-state index in [1.54, 1.807) is 4.68 Å². The fraction of sp³-hybridized carbons (Fsp3) is 0.261. The van der Waals surface area contributed by atoms with E-state index in [2.05, 4.69) is 22.4 Å². The Morgan fingerprint density at radius 2 is 1.80 bits per heavy atom. The molecular formula is C23H24N6O. The molecular weight excluding hydrogens is 376 g/mol. The molecule has 5 rings (SSSR count). The maximum atomic E-state index is 6.53. The van der Waals surface area contributed by atoms with Crippen LogP contribution in [-0.4, -0.2) is 39.0 Å². The van der Waals surface area contributed by atoms with Gasteiger partial charge in [-0.3, -0.25) is 0 Å². The van der Waals surface area contributed by atoms with Crippen molar-refractivity contribution >= 4 is 22.8 Å². The Morgan fingerprint density at radius 1 is 1.03 bits per heavy atom. The number of ether oxygens (including phenoxy) is 1. The zero-order valence-electron chi connectivity index (χ0n) is 16.7. The van der Waals surface area contributed by atoms with Crippen LogP contribution in [0.4, 0.5) is 11.8 Å². The molecule has 0 unspecified atom stereocenters. The van der Waals surface area contributed by atoms with E-state index >= 15 is 0 Å². The van der Waals surface area contributed by atoms with Crippen molar-refractivity contribution in [1.82, 2.24) is 19.7 Å². The maximum absolute atomic E-state index is 6.53. The molecule has 1 fully saturated rings. The summed E-state index contributed by atoms with van der Waals surface area (Å²) in [4.78, 5) is 9.46. The Kier molecular flexibility index (Phi) is 5.03. The Bertz CT molecular complexity index is 1140. The van der Waals surface area contributed by atoms with E-state index in [4.69, 9.17) is 20.6 Å². The lowest BCUT2D eigenvalue weighted by molar-refractivity contribution is 0.120. The Labute approximate surface area is 174 Å². The van der Waals surface area contributed by atoms with Crippen LogP contribution in [0.2, 0.25) is 0 Å². The third-order valence-electron chi connectivity index (χ3n) is 5.37. The number of benzene rings is 2. The number of nitrogen functional groups attached to an aromatic ring is 1. The van der Waals surface area contributed by atoms with Crippen LogP contribution in [0.15, 0.2) is 60.7 Å². The van der Waals surface area contributed by atoms with Gasteiger partial charge in [0.25, 0.3) is 0 Å².